The molecular formula is C14H23ClN2. The highest BCUT2D eigenvalue weighted by molar-refractivity contribution is 5.85. The second kappa shape index (κ2) is 5.85. The molecule has 1 fully saturated rings. The summed E-state index contributed by atoms with van der Waals surface area (Å²) in [5.41, 5.74) is 5.69. The van der Waals surface area contributed by atoms with E-state index in [4.69, 9.17) is 0 Å². The Morgan fingerprint density at radius 2 is 1.71 bits per heavy atom. The average Bonchev–Trinajstić information content (AvgIpc) is 2.11. The lowest BCUT2D eigenvalue weighted by Gasteiger charge is -2.36. The Morgan fingerprint density at radius 1 is 1.12 bits per heavy atom. The molecule has 1 heterocycles. The first-order chi connectivity index (χ1) is 7.58. The number of likely N-dealkylation sites (N-methyl/N-ethyl adjacent to an activating group) is 1. The standard InChI is InChI=1S/C14H22N2.ClH/c1-10-5-12(3)13(6-11(10)2)9-16(4)14-7-15-8-14;/h5-6,14-15H,7-9H2,1-4H3;1H. The third-order valence-corrected chi connectivity index (χ3v) is 3.76. The SMILES string of the molecule is Cc1cc(C)c(CN(C)C2CNC2)cc1C.Cl. The summed E-state index contributed by atoms with van der Waals surface area (Å²) in [4.78, 5) is 2.45. The number of hydrogen-bond donors (Lipinski definition) is 1. The van der Waals surface area contributed by atoms with Gasteiger partial charge in [0.1, 0.15) is 0 Å². The highest BCUT2D eigenvalue weighted by atomic mass is 35.5. The van der Waals surface area contributed by atoms with Gasteiger partial charge in [-0.05, 0) is 50.1 Å². The molecule has 0 bridgehead atoms. The second-order valence-electron chi connectivity index (χ2n) is 5.09. The Hall–Kier alpha value is -0.570. The van der Waals surface area contributed by atoms with Crippen LogP contribution in [-0.4, -0.2) is 31.1 Å². The molecule has 17 heavy (non-hydrogen) atoms. The van der Waals surface area contributed by atoms with Crippen molar-refractivity contribution in [2.75, 3.05) is 20.1 Å². The van der Waals surface area contributed by atoms with Gasteiger partial charge in [-0.15, -0.1) is 12.4 Å². The average molecular weight is 255 g/mol. The summed E-state index contributed by atoms with van der Waals surface area (Å²) < 4.78 is 0. The van der Waals surface area contributed by atoms with Gasteiger partial charge < -0.3 is 5.32 Å². The van der Waals surface area contributed by atoms with Crippen LogP contribution in [0.15, 0.2) is 12.1 Å². The van der Waals surface area contributed by atoms with Crippen molar-refractivity contribution in [2.24, 2.45) is 0 Å². The Bertz CT molecular complexity index is 386. The molecule has 96 valence electrons. The van der Waals surface area contributed by atoms with Crippen LogP contribution in [0, 0.1) is 20.8 Å². The van der Waals surface area contributed by atoms with Crippen LogP contribution in [0.4, 0.5) is 0 Å². The van der Waals surface area contributed by atoms with Crippen molar-refractivity contribution in [1.82, 2.24) is 10.2 Å². The number of nitrogens with one attached hydrogen (secondary N) is 1. The van der Waals surface area contributed by atoms with E-state index in [1.54, 1.807) is 0 Å². The first-order valence-electron chi connectivity index (χ1n) is 6.05. The van der Waals surface area contributed by atoms with E-state index in [2.05, 4.69) is 50.2 Å². The monoisotopic (exact) mass is 254 g/mol. The maximum absolute atomic E-state index is 3.32. The Balaban J connectivity index is 0.00000144. The molecule has 0 aliphatic carbocycles. The molecule has 0 unspecified atom stereocenters. The highest BCUT2D eigenvalue weighted by Crippen LogP contribution is 2.18. The summed E-state index contributed by atoms with van der Waals surface area (Å²) in [7, 11) is 2.22. The van der Waals surface area contributed by atoms with Crippen molar-refractivity contribution in [2.45, 2.75) is 33.4 Å². The van der Waals surface area contributed by atoms with Gasteiger partial charge in [0.15, 0.2) is 0 Å². The van der Waals surface area contributed by atoms with Crippen molar-refractivity contribution in [3.05, 3.63) is 34.4 Å². The fourth-order valence-corrected chi connectivity index (χ4v) is 2.17. The van der Waals surface area contributed by atoms with Gasteiger partial charge in [-0.25, -0.2) is 0 Å². The zero-order chi connectivity index (χ0) is 11.7. The smallest absolute Gasteiger partial charge is 0.0345 e. The fourth-order valence-electron chi connectivity index (χ4n) is 2.17. The Labute approximate surface area is 111 Å². The maximum Gasteiger partial charge on any atom is 0.0345 e. The number of benzene rings is 1. The van der Waals surface area contributed by atoms with Crippen LogP contribution < -0.4 is 5.32 Å². The lowest BCUT2D eigenvalue weighted by molar-refractivity contribution is 0.173. The van der Waals surface area contributed by atoms with E-state index in [0.29, 0.717) is 0 Å². The summed E-state index contributed by atoms with van der Waals surface area (Å²) in [6.07, 6.45) is 0. The predicted molar refractivity (Wildman–Crippen MR) is 76.0 cm³/mol. The Kier molecular flexibility index (Phi) is 4.99. The molecule has 1 aromatic carbocycles. The van der Waals surface area contributed by atoms with E-state index in [1.807, 2.05) is 0 Å². The van der Waals surface area contributed by atoms with E-state index in [1.165, 1.54) is 22.3 Å². The van der Waals surface area contributed by atoms with Crippen molar-refractivity contribution < 1.29 is 0 Å². The van der Waals surface area contributed by atoms with Crippen LogP contribution in [0.25, 0.3) is 0 Å². The van der Waals surface area contributed by atoms with Crippen LogP contribution in [0.5, 0.6) is 0 Å². The van der Waals surface area contributed by atoms with Crippen LogP contribution in [-0.2, 0) is 6.54 Å². The first kappa shape index (κ1) is 14.5. The number of nitrogens with zero attached hydrogens (tertiary/aromatic N) is 1. The molecule has 1 saturated heterocycles. The zero-order valence-corrected chi connectivity index (χ0v) is 12.0. The van der Waals surface area contributed by atoms with Crippen LogP contribution in [0.1, 0.15) is 22.3 Å². The molecule has 0 saturated carbocycles. The van der Waals surface area contributed by atoms with E-state index in [0.717, 1.165) is 25.7 Å². The van der Waals surface area contributed by atoms with Crippen LogP contribution >= 0.6 is 12.4 Å². The van der Waals surface area contributed by atoms with Crippen molar-refractivity contribution in [3.63, 3.8) is 0 Å². The van der Waals surface area contributed by atoms with E-state index >= 15 is 0 Å². The number of rotatable bonds is 3. The summed E-state index contributed by atoms with van der Waals surface area (Å²) in [6, 6.07) is 5.37. The molecule has 0 spiro atoms. The second-order valence-corrected chi connectivity index (χ2v) is 5.09. The molecule has 1 aromatic rings. The van der Waals surface area contributed by atoms with Gasteiger partial charge in [0.05, 0.1) is 0 Å². The van der Waals surface area contributed by atoms with Crippen molar-refractivity contribution in [3.8, 4) is 0 Å². The molecule has 3 heteroatoms. The van der Waals surface area contributed by atoms with Crippen molar-refractivity contribution in [1.29, 1.82) is 0 Å². The summed E-state index contributed by atoms with van der Waals surface area (Å²) >= 11 is 0. The lowest BCUT2D eigenvalue weighted by Crippen LogP contribution is -2.55. The van der Waals surface area contributed by atoms with Gasteiger partial charge in [0.2, 0.25) is 0 Å². The van der Waals surface area contributed by atoms with E-state index in [9.17, 15) is 0 Å². The normalized spacial score (nSPS) is 15.6. The molecule has 0 amide bonds. The Morgan fingerprint density at radius 3 is 2.24 bits per heavy atom. The van der Waals surface area contributed by atoms with E-state index < -0.39 is 0 Å². The molecular weight excluding hydrogens is 232 g/mol. The van der Waals surface area contributed by atoms with Gasteiger partial charge in [-0.1, -0.05) is 12.1 Å². The largest absolute Gasteiger partial charge is 0.314 e. The summed E-state index contributed by atoms with van der Waals surface area (Å²) in [5, 5.41) is 3.32. The molecule has 0 atom stereocenters. The quantitative estimate of drug-likeness (QED) is 0.892. The molecule has 1 aliphatic heterocycles. The molecule has 0 radical (unpaired) electrons. The molecule has 2 rings (SSSR count). The highest BCUT2D eigenvalue weighted by Gasteiger charge is 2.21. The zero-order valence-electron chi connectivity index (χ0n) is 11.2. The summed E-state index contributed by atoms with van der Waals surface area (Å²) in [6.45, 7) is 9.95. The predicted octanol–water partition coefficient (Wildman–Crippen LogP) is 2.44. The molecule has 1 aliphatic rings. The van der Waals surface area contributed by atoms with Gasteiger partial charge in [-0.3, -0.25) is 4.90 Å². The number of halogens is 1. The third kappa shape index (κ3) is 3.21. The molecule has 0 aromatic heterocycles. The number of aryl methyl sites for hydroxylation is 3. The van der Waals surface area contributed by atoms with Gasteiger partial charge in [0, 0.05) is 25.7 Å². The lowest BCUT2D eigenvalue weighted by atomic mass is 10.00. The summed E-state index contributed by atoms with van der Waals surface area (Å²) in [5.74, 6) is 0. The van der Waals surface area contributed by atoms with Gasteiger partial charge in [-0.2, -0.15) is 0 Å². The van der Waals surface area contributed by atoms with Crippen LogP contribution in [0.3, 0.4) is 0 Å². The fraction of sp³-hybridized carbons (Fsp3) is 0.571. The minimum atomic E-state index is 0. The molecule has 2 nitrogen and oxygen atoms in total. The minimum absolute atomic E-state index is 0. The van der Waals surface area contributed by atoms with Gasteiger partial charge >= 0.3 is 0 Å². The minimum Gasteiger partial charge on any atom is -0.314 e. The maximum atomic E-state index is 3.32. The van der Waals surface area contributed by atoms with Crippen LogP contribution in [0.2, 0.25) is 0 Å². The third-order valence-electron chi connectivity index (χ3n) is 3.76. The van der Waals surface area contributed by atoms with E-state index in [-0.39, 0.29) is 12.4 Å². The van der Waals surface area contributed by atoms with Gasteiger partial charge in [0.25, 0.3) is 0 Å². The topological polar surface area (TPSA) is 15.3 Å². The number of hydrogen-bond acceptors (Lipinski definition) is 2. The first-order valence-corrected chi connectivity index (χ1v) is 6.05. The molecule has 1 N–H and O–H groups in total. The van der Waals surface area contributed by atoms with Crippen molar-refractivity contribution >= 4 is 12.4 Å².